The van der Waals surface area contributed by atoms with E-state index in [1.165, 1.54) is 12.1 Å². The number of hydrogen-bond donors (Lipinski definition) is 1. The number of rotatable bonds is 7. The molecule has 0 aliphatic heterocycles. The van der Waals surface area contributed by atoms with Gasteiger partial charge in [-0.3, -0.25) is 0 Å². The molecule has 0 saturated carbocycles. The number of nitrogens with zero attached hydrogens (tertiary/aromatic N) is 1. The summed E-state index contributed by atoms with van der Waals surface area (Å²) < 4.78 is 5.65. The highest BCUT2D eigenvalue weighted by Crippen LogP contribution is 2.27. The van der Waals surface area contributed by atoms with E-state index in [9.17, 15) is 9.90 Å². The van der Waals surface area contributed by atoms with Crippen molar-refractivity contribution >= 4 is 5.97 Å². The maximum atomic E-state index is 11.4. The van der Waals surface area contributed by atoms with E-state index in [0.29, 0.717) is 17.7 Å². The van der Waals surface area contributed by atoms with E-state index in [2.05, 4.69) is 6.92 Å². The summed E-state index contributed by atoms with van der Waals surface area (Å²) in [5, 5.41) is 18.3. The van der Waals surface area contributed by atoms with Gasteiger partial charge in [-0.2, -0.15) is 5.26 Å². The lowest BCUT2D eigenvalue weighted by Gasteiger charge is -2.09. The van der Waals surface area contributed by atoms with Gasteiger partial charge in [0.1, 0.15) is 5.75 Å². The Hall–Kier alpha value is -2.80. The molecule has 4 heteroatoms. The number of carboxylic acid groups (broad SMARTS) is 1. The summed E-state index contributed by atoms with van der Waals surface area (Å²) in [6.07, 6.45) is 3.31. The molecule has 0 aliphatic carbocycles. The largest absolute Gasteiger partial charge is 0.494 e. The molecule has 0 unspecified atom stereocenters. The van der Waals surface area contributed by atoms with E-state index in [-0.39, 0.29) is 5.56 Å². The van der Waals surface area contributed by atoms with Gasteiger partial charge in [-0.15, -0.1) is 0 Å². The first-order chi connectivity index (χ1) is 11.2. The minimum absolute atomic E-state index is 0.181. The second-order valence-electron chi connectivity index (χ2n) is 5.26. The summed E-state index contributed by atoms with van der Waals surface area (Å²) >= 11 is 0. The molecule has 0 saturated heterocycles. The zero-order valence-corrected chi connectivity index (χ0v) is 13.1. The minimum atomic E-state index is -1.01. The summed E-state index contributed by atoms with van der Waals surface area (Å²) in [5.74, 6) is -0.248. The highest BCUT2D eigenvalue weighted by Gasteiger charge is 2.12. The van der Waals surface area contributed by atoms with E-state index in [1.54, 1.807) is 6.07 Å². The van der Waals surface area contributed by atoms with E-state index in [0.717, 1.165) is 30.6 Å². The molecule has 0 radical (unpaired) electrons. The van der Waals surface area contributed by atoms with Crippen LogP contribution in [-0.2, 0) is 0 Å². The van der Waals surface area contributed by atoms with E-state index >= 15 is 0 Å². The average molecular weight is 309 g/mol. The number of carbonyl (C=O) groups is 1. The van der Waals surface area contributed by atoms with Gasteiger partial charge in [0.05, 0.1) is 23.8 Å². The Bertz CT molecular complexity index is 714. The Balaban J connectivity index is 2.22. The van der Waals surface area contributed by atoms with Gasteiger partial charge in [-0.25, -0.2) is 4.79 Å². The highest BCUT2D eigenvalue weighted by molar-refractivity contribution is 5.96. The second-order valence-corrected chi connectivity index (χ2v) is 5.26. The van der Waals surface area contributed by atoms with Crippen molar-refractivity contribution < 1.29 is 14.6 Å². The lowest BCUT2D eigenvalue weighted by molar-refractivity contribution is 0.0697. The molecule has 0 spiro atoms. The van der Waals surface area contributed by atoms with Crippen molar-refractivity contribution in [2.75, 3.05) is 6.61 Å². The van der Waals surface area contributed by atoms with E-state index in [4.69, 9.17) is 10.00 Å². The van der Waals surface area contributed by atoms with Crippen LogP contribution in [0.3, 0.4) is 0 Å². The molecule has 2 aromatic rings. The van der Waals surface area contributed by atoms with Crippen LogP contribution < -0.4 is 4.74 Å². The predicted molar refractivity (Wildman–Crippen MR) is 88.6 cm³/mol. The quantitative estimate of drug-likeness (QED) is 0.765. The monoisotopic (exact) mass is 309 g/mol. The van der Waals surface area contributed by atoms with Gasteiger partial charge in [-0.1, -0.05) is 31.9 Å². The maximum absolute atomic E-state index is 11.4. The maximum Gasteiger partial charge on any atom is 0.336 e. The van der Waals surface area contributed by atoms with Gasteiger partial charge >= 0.3 is 5.97 Å². The Morgan fingerprint density at radius 2 is 1.91 bits per heavy atom. The predicted octanol–water partition coefficient (Wildman–Crippen LogP) is 4.49. The van der Waals surface area contributed by atoms with E-state index in [1.807, 2.05) is 30.3 Å². The van der Waals surface area contributed by atoms with Crippen molar-refractivity contribution in [2.24, 2.45) is 0 Å². The second kappa shape index (κ2) is 8.00. The lowest BCUT2D eigenvalue weighted by Crippen LogP contribution is -2.00. The van der Waals surface area contributed by atoms with Gasteiger partial charge in [0, 0.05) is 0 Å². The van der Waals surface area contributed by atoms with Gasteiger partial charge in [0.2, 0.25) is 0 Å². The van der Waals surface area contributed by atoms with Crippen LogP contribution in [0.15, 0.2) is 42.5 Å². The standard InChI is InChI=1S/C19H19NO3/c1-2-3-4-11-23-16-8-6-15(7-9-16)18-12-14(13-20)5-10-17(18)19(21)22/h5-10,12H,2-4,11H2,1H3,(H,21,22). The number of unbranched alkanes of at least 4 members (excludes halogenated alkanes) is 2. The van der Waals surface area contributed by atoms with Crippen LogP contribution in [0.2, 0.25) is 0 Å². The molecule has 23 heavy (non-hydrogen) atoms. The molecule has 0 fully saturated rings. The zero-order chi connectivity index (χ0) is 16.7. The summed E-state index contributed by atoms with van der Waals surface area (Å²) in [7, 11) is 0. The molecule has 0 atom stereocenters. The molecule has 0 aliphatic rings. The van der Waals surface area contributed by atoms with Gasteiger partial charge in [0.15, 0.2) is 0 Å². The highest BCUT2D eigenvalue weighted by atomic mass is 16.5. The molecule has 0 aromatic heterocycles. The first kappa shape index (κ1) is 16.6. The topological polar surface area (TPSA) is 70.3 Å². The summed E-state index contributed by atoms with van der Waals surface area (Å²) in [6.45, 7) is 2.82. The summed E-state index contributed by atoms with van der Waals surface area (Å²) in [5.41, 5.74) is 1.90. The summed E-state index contributed by atoms with van der Waals surface area (Å²) in [4.78, 5) is 11.4. The van der Waals surface area contributed by atoms with Crippen molar-refractivity contribution in [2.45, 2.75) is 26.2 Å². The number of aromatic carboxylic acids is 1. The smallest absolute Gasteiger partial charge is 0.336 e. The van der Waals surface area contributed by atoms with Crippen molar-refractivity contribution in [3.05, 3.63) is 53.6 Å². The van der Waals surface area contributed by atoms with Crippen molar-refractivity contribution in [1.82, 2.24) is 0 Å². The van der Waals surface area contributed by atoms with Crippen molar-refractivity contribution in [1.29, 1.82) is 5.26 Å². The summed E-state index contributed by atoms with van der Waals surface area (Å²) in [6, 6.07) is 13.9. The molecule has 0 amide bonds. The Kier molecular flexibility index (Phi) is 5.76. The average Bonchev–Trinajstić information content (AvgIpc) is 2.58. The number of benzene rings is 2. The molecule has 118 valence electrons. The molecule has 0 bridgehead atoms. The van der Waals surface area contributed by atoms with Gasteiger partial charge in [-0.05, 0) is 47.9 Å². The van der Waals surface area contributed by atoms with E-state index < -0.39 is 5.97 Å². The third-order valence-corrected chi connectivity index (χ3v) is 3.56. The van der Waals surface area contributed by atoms with Gasteiger partial charge < -0.3 is 9.84 Å². The number of ether oxygens (including phenoxy) is 1. The van der Waals surface area contributed by atoms with Gasteiger partial charge in [0.25, 0.3) is 0 Å². The first-order valence-electron chi connectivity index (χ1n) is 7.66. The zero-order valence-electron chi connectivity index (χ0n) is 13.1. The normalized spacial score (nSPS) is 10.1. The molecule has 0 heterocycles. The Morgan fingerprint density at radius 1 is 1.17 bits per heavy atom. The molecule has 4 nitrogen and oxygen atoms in total. The first-order valence-corrected chi connectivity index (χ1v) is 7.66. The van der Waals surface area contributed by atoms with Crippen LogP contribution in [0, 0.1) is 11.3 Å². The number of carboxylic acids is 1. The molecule has 2 aromatic carbocycles. The number of hydrogen-bond acceptors (Lipinski definition) is 3. The van der Waals surface area contributed by atoms with Crippen LogP contribution in [0.1, 0.15) is 42.1 Å². The minimum Gasteiger partial charge on any atom is -0.494 e. The van der Waals surface area contributed by atoms with Crippen molar-refractivity contribution in [3.63, 3.8) is 0 Å². The van der Waals surface area contributed by atoms with Crippen LogP contribution in [0.4, 0.5) is 0 Å². The Morgan fingerprint density at radius 3 is 2.52 bits per heavy atom. The van der Waals surface area contributed by atoms with Crippen LogP contribution in [0.25, 0.3) is 11.1 Å². The molecular weight excluding hydrogens is 290 g/mol. The molecule has 2 rings (SSSR count). The third kappa shape index (κ3) is 4.33. The third-order valence-electron chi connectivity index (χ3n) is 3.56. The number of nitriles is 1. The Labute approximate surface area is 136 Å². The van der Waals surface area contributed by atoms with Crippen molar-refractivity contribution in [3.8, 4) is 22.9 Å². The fourth-order valence-electron chi connectivity index (χ4n) is 2.31. The lowest BCUT2D eigenvalue weighted by atomic mass is 9.97. The molecular formula is C19H19NO3. The fourth-order valence-corrected chi connectivity index (χ4v) is 2.31. The van der Waals surface area contributed by atoms with Crippen LogP contribution >= 0.6 is 0 Å². The van der Waals surface area contributed by atoms with Crippen LogP contribution in [0.5, 0.6) is 5.75 Å². The fraction of sp³-hybridized carbons (Fsp3) is 0.263. The molecule has 1 N–H and O–H groups in total. The SMILES string of the molecule is CCCCCOc1ccc(-c2cc(C#N)ccc2C(=O)O)cc1. The van der Waals surface area contributed by atoms with Crippen LogP contribution in [-0.4, -0.2) is 17.7 Å².